The van der Waals surface area contributed by atoms with Crippen molar-refractivity contribution in [3.63, 3.8) is 0 Å². The monoisotopic (exact) mass is 867 g/mol. The number of aromatic carboxylic acids is 3. The van der Waals surface area contributed by atoms with E-state index in [1.54, 1.807) is 0 Å². The predicted octanol–water partition coefficient (Wildman–Crippen LogP) is -15.7. The normalized spacial score (nSPS) is 10.4. The minimum absolute atomic E-state index is 0. The van der Waals surface area contributed by atoms with Gasteiger partial charge in [-0.15, -0.1) is 43.7 Å². The van der Waals surface area contributed by atoms with Gasteiger partial charge in [0.15, 0.2) is 34.6 Å². The van der Waals surface area contributed by atoms with Gasteiger partial charge in [-0.3, -0.25) is 0 Å². The molecule has 0 saturated heterocycles. The molecule has 67 heavy (non-hydrogen) atoms. The van der Waals surface area contributed by atoms with Crippen molar-refractivity contribution < 1.29 is 134 Å². The van der Waals surface area contributed by atoms with Crippen LogP contribution in [0, 0.1) is 31.8 Å². The fourth-order valence-corrected chi connectivity index (χ4v) is 5.68. The number of azo groups is 2. The van der Waals surface area contributed by atoms with Crippen LogP contribution in [-0.2, 0) is 4.79 Å². The third-order valence-electron chi connectivity index (χ3n) is 8.56. The fourth-order valence-electron chi connectivity index (χ4n) is 5.68. The SMILES string of the molecule is [C-]#[N+]c1cnn(-c2ccc(C(=O)[O-])c(C(=O)[O-])c2)c1N=Nc1c(C)nn(-c2nc([O-])nc(-n3nc(C)c(N=Nc4c(C#N)cnn4-c4ccc(C(=O)[O-])c([C-]=O)c4)c3N)n2)c1N.[Li+].[Li+].[Li+].[Li+].[Li+]. The number of carbonyl (C=O) groups is 3. The van der Waals surface area contributed by atoms with E-state index < -0.39 is 52.5 Å². The molecule has 0 aliphatic heterocycles. The third-order valence-corrected chi connectivity index (χ3v) is 8.56. The quantitative estimate of drug-likeness (QED) is 0.0654. The number of aryl methyl sites for hydroxylation is 2. The van der Waals surface area contributed by atoms with E-state index in [9.17, 15) is 44.9 Å². The number of carboxylic acids is 3. The number of nitrogens with zero attached hydrogens (tertiary/aromatic N) is 17. The first-order valence-electron chi connectivity index (χ1n) is 16.9. The molecule has 0 atom stereocenters. The smallest absolute Gasteiger partial charge is 0.844 e. The molecule has 5 heterocycles. The molecule has 0 saturated carbocycles. The Balaban J connectivity index is 0.00000308. The standard InChI is InChI=1S/C35H22N19O8.5Li/c1-14-24(45-47-28-17(10-36)11-40-51(28)18-4-6-20(30(56)57)16(8-18)13-55)26(37)53(49-14)33-42-34(44-35(62)43-33)54-27(38)25(15(2)50-54)46-48-29-23(39-3)12-41-52(29)19-5-7-21(31(58)59)22(9-19)32(60)61;;;;;/h4-9,11-12H,37-38H2,1-2H3,(H,56,57)(H,58,59)(H,60,61)(H,42,43,44,62);;;;;/q-1;5*+1/p-4. The molecule has 27 nitrogen and oxygen atoms in total. The van der Waals surface area contributed by atoms with Gasteiger partial charge in [0, 0.05) is 22.8 Å². The van der Waals surface area contributed by atoms with E-state index in [1.807, 2.05) is 6.07 Å². The van der Waals surface area contributed by atoms with E-state index in [0.717, 1.165) is 55.4 Å². The van der Waals surface area contributed by atoms with Gasteiger partial charge in [0.2, 0.25) is 0 Å². The summed E-state index contributed by atoms with van der Waals surface area (Å²) >= 11 is 0. The van der Waals surface area contributed by atoms with E-state index in [0.29, 0.717) is 0 Å². The molecule has 0 amide bonds. The van der Waals surface area contributed by atoms with Crippen LogP contribution in [0.25, 0.3) is 28.1 Å². The summed E-state index contributed by atoms with van der Waals surface area (Å²) < 4.78 is 4.00. The van der Waals surface area contributed by atoms with Crippen LogP contribution >= 0.6 is 0 Å². The molecule has 0 fully saturated rings. The number of benzene rings is 2. The van der Waals surface area contributed by atoms with Crippen LogP contribution < -0.4 is 126 Å². The maximum absolute atomic E-state index is 12.8. The van der Waals surface area contributed by atoms with E-state index in [-0.39, 0.29) is 169 Å². The zero-order chi connectivity index (χ0) is 44.6. The van der Waals surface area contributed by atoms with Gasteiger partial charge in [0.25, 0.3) is 17.6 Å². The number of rotatable bonds is 12. The Morgan fingerprint density at radius 2 is 1.18 bits per heavy atom. The molecule has 2 aromatic carbocycles. The number of hydrogen-bond acceptors (Lipinski definition) is 22. The first kappa shape index (κ1) is 56.1. The minimum Gasteiger partial charge on any atom is -0.844 e. The molecular weight excluding hydrogens is 849 g/mol. The van der Waals surface area contributed by atoms with Crippen LogP contribution in [0.3, 0.4) is 0 Å². The number of nitrogens with two attached hydrogens (primary N) is 2. The molecule has 4 N–H and O–H groups in total. The summed E-state index contributed by atoms with van der Waals surface area (Å²) in [7, 11) is 0. The van der Waals surface area contributed by atoms with Crippen LogP contribution in [0.2, 0.25) is 0 Å². The number of nitrogen functional groups attached to an aromatic ring is 2. The fraction of sp³-hybridized carbons (Fsp3) is 0.0571. The number of anilines is 2. The van der Waals surface area contributed by atoms with Crippen LogP contribution in [0.15, 0.2) is 69.2 Å². The van der Waals surface area contributed by atoms with Crippen LogP contribution in [0.1, 0.15) is 53.6 Å². The number of hydrogen-bond donors (Lipinski definition) is 2. The number of carbonyl (C=O) groups excluding carboxylic acids is 4. The van der Waals surface area contributed by atoms with Crippen LogP contribution in [0.4, 0.5) is 40.3 Å². The predicted molar refractivity (Wildman–Crippen MR) is 196 cm³/mol. The number of aromatic nitrogens is 11. The topological polar surface area (TPSA) is 400 Å². The molecule has 7 aromatic rings. The van der Waals surface area contributed by atoms with Crippen molar-refractivity contribution >= 4 is 64.5 Å². The molecule has 0 radical (unpaired) electrons. The van der Waals surface area contributed by atoms with Gasteiger partial charge in [-0.2, -0.15) is 40.0 Å². The zero-order valence-corrected chi connectivity index (χ0v) is 36.1. The first-order chi connectivity index (χ1) is 29.6. The summed E-state index contributed by atoms with van der Waals surface area (Å²) in [5.74, 6) is -6.89. The van der Waals surface area contributed by atoms with Crippen LogP contribution in [0.5, 0.6) is 6.01 Å². The summed E-state index contributed by atoms with van der Waals surface area (Å²) in [6, 6.07) is 7.44. The van der Waals surface area contributed by atoms with Gasteiger partial charge in [0.1, 0.15) is 11.6 Å². The Bertz CT molecular complexity index is 3220. The summed E-state index contributed by atoms with van der Waals surface area (Å²) in [6.07, 6.45) is 3.77. The van der Waals surface area contributed by atoms with Crippen molar-refractivity contribution in [3.05, 3.63) is 99.4 Å². The summed E-state index contributed by atoms with van der Waals surface area (Å²) in [5.41, 5.74) is 10.6. The molecule has 306 valence electrons. The first-order valence-corrected chi connectivity index (χ1v) is 16.9. The van der Waals surface area contributed by atoms with Gasteiger partial charge in [-0.1, -0.05) is 12.1 Å². The third kappa shape index (κ3) is 10.8. The molecular formula is C35H18Li5N19O8. The minimum atomic E-state index is -1.81. The average Bonchev–Trinajstić information content (AvgIpc) is 4.00. The Kier molecular flexibility index (Phi) is 19.2. The molecule has 0 unspecified atom stereocenters. The van der Waals surface area contributed by atoms with Crippen LogP contribution in [-0.4, -0.2) is 78.3 Å². The largest absolute Gasteiger partial charge is 1.00 e. The van der Waals surface area contributed by atoms with Crippen molar-refractivity contribution in [2.75, 3.05) is 11.5 Å². The van der Waals surface area contributed by atoms with Crippen molar-refractivity contribution in [1.29, 1.82) is 5.26 Å². The number of nitriles is 1. The molecule has 7 rings (SSSR count). The molecule has 32 heteroatoms. The summed E-state index contributed by atoms with van der Waals surface area (Å²) in [4.78, 5) is 61.1. The van der Waals surface area contributed by atoms with E-state index >= 15 is 0 Å². The second kappa shape index (κ2) is 22.9. The number of carboxylic acid groups (broad SMARTS) is 3. The van der Waals surface area contributed by atoms with Crippen molar-refractivity contribution in [2.45, 2.75) is 13.8 Å². The summed E-state index contributed by atoms with van der Waals surface area (Å²) in [5, 5.41) is 90.2. The van der Waals surface area contributed by atoms with Crippen molar-refractivity contribution in [3.8, 4) is 35.4 Å². The van der Waals surface area contributed by atoms with Crippen molar-refractivity contribution in [1.82, 2.24) is 54.1 Å². The van der Waals surface area contributed by atoms with Crippen molar-refractivity contribution in [2.24, 2.45) is 20.5 Å². The Morgan fingerprint density at radius 1 is 0.701 bits per heavy atom. The molecule has 0 spiro atoms. The molecule has 5 aromatic heterocycles. The second-order valence-electron chi connectivity index (χ2n) is 12.3. The van der Waals surface area contributed by atoms with E-state index in [1.165, 1.54) is 32.3 Å². The zero-order valence-electron chi connectivity index (χ0n) is 36.1. The molecule has 0 aliphatic rings. The van der Waals surface area contributed by atoms with Gasteiger partial charge >= 0.3 is 94.3 Å². The second-order valence-corrected chi connectivity index (χ2v) is 12.3. The van der Waals surface area contributed by atoms with Gasteiger partial charge in [-0.05, 0) is 26.0 Å². The Hall–Kier alpha value is -7.06. The maximum atomic E-state index is 12.8. The average molecular weight is 867 g/mol. The van der Waals surface area contributed by atoms with Gasteiger partial charge < -0.3 is 51.1 Å². The Morgan fingerprint density at radius 3 is 1.67 bits per heavy atom. The van der Waals surface area contributed by atoms with E-state index in [2.05, 4.69) is 60.6 Å². The van der Waals surface area contributed by atoms with E-state index in [4.69, 9.17) is 18.0 Å². The van der Waals surface area contributed by atoms with Gasteiger partial charge in [0.05, 0.1) is 60.3 Å². The summed E-state index contributed by atoms with van der Waals surface area (Å²) in [6.45, 7) is 10.5. The molecule has 0 aliphatic carbocycles. The Labute approximate surface area is 435 Å². The maximum Gasteiger partial charge on any atom is 1.00 e. The molecule has 0 bridgehead atoms. The van der Waals surface area contributed by atoms with Gasteiger partial charge in [-0.25, -0.2) is 24.2 Å².